The summed E-state index contributed by atoms with van der Waals surface area (Å²) in [5.74, 6) is 1.82. The Balaban J connectivity index is 1.91. The van der Waals surface area contributed by atoms with E-state index in [0.717, 1.165) is 31.2 Å². The minimum Gasteiger partial charge on any atom is -0.488 e. The van der Waals surface area contributed by atoms with Gasteiger partial charge in [0.1, 0.15) is 5.75 Å². The molecule has 1 aromatic rings. The van der Waals surface area contributed by atoms with Crippen molar-refractivity contribution in [1.29, 1.82) is 0 Å². The fourth-order valence-electron chi connectivity index (χ4n) is 2.59. The Hall–Kier alpha value is -1.09. The van der Waals surface area contributed by atoms with Crippen molar-refractivity contribution >= 4 is 0 Å². The van der Waals surface area contributed by atoms with Crippen molar-refractivity contribution in [2.45, 2.75) is 58.6 Å². The molecule has 0 aliphatic heterocycles. The summed E-state index contributed by atoms with van der Waals surface area (Å²) in [5.41, 5.74) is 1.22. The summed E-state index contributed by atoms with van der Waals surface area (Å²) in [4.78, 5) is 4.20. The highest BCUT2D eigenvalue weighted by molar-refractivity contribution is 5.29. The van der Waals surface area contributed by atoms with Gasteiger partial charge in [-0.1, -0.05) is 13.8 Å². The first-order valence-corrected chi connectivity index (χ1v) is 7.60. The van der Waals surface area contributed by atoms with Crippen molar-refractivity contribution in [1.82, 2.24) is 10.3 Å². The maximum Gasteiger partial charge on any atom is 0.142 e. The van der Waals surface area contributed by atoms with Crippen molar-refractivity contribution in [2.75, 3.05) is 6.54 Å². The molecule has 1 aliphatic rings. The van der Waals surface area contributed by atoms with Crippen LogP contribution >= 0.6 is 0 Å². The average molecular weight is 262 g/mol. The molecule has 1 N–H and O–H groups in total. The lowest BCUT2D eigenvalue weighted by Crippen LogP contribution is -2.24. The SMILES string of the molecule is CCCNCc1ccncc1OC1CCC(C)CC1. The average Bonchev–Trinajstić information content (AvgIpc) is 2.43. The van der Waals surface area contributed by atoms with Crippen LogP contribution in [0.15, 0.2) is 18.5 Å². The van der Waals surface area contributed by atoms with Gasteiger partial charge in [-0.15, -0.1) is 0 Å². The van der Waals surface area contributed by atoms with Gasteiger partial charge < -0.3 is 10.1 Å². The zero-order valence-electron chi connectivity index (χ0n) is 12.2. The van der Waals surface area contributed by atoms with Gasteiger partial charge in [-0.05, 0) is 50.6 Å². The molecular weight excluding hydrogens is 236 g/mol. The Morgan fingerprint density at radius 2 is 2.11 bits per heavy atom. The van der Waals surface area contributed by atoms with E-state index >= 15 is 0 Å². The Labute approximate surface area is 116 Å². The lowest BCUT2D eigenvalue weighted by Gasteiger charge is -2.27. The van der Waals surface area contributed by atoms with Crippen molar-refractivity contribution in [3.63, 3.8) is 0 Å². The molecule has 1 aromatic heterocycles. The monoisotopic (exact) mass is 262 g/mol. The summed E-state index contributed by atoms with van der Waals surface area (Å²) in [7, 11) is 0. The quantitative estimate of drug-likeness (QED) is 0.796. The predicted molar refractivity (Wildman–Crippen MR) is 78.3 cm³/mol. The highest BCUT2D eigenvalue weighted by Gasteiger charge is 2.20. The van der Waals surface area contributed by atoms with E-state index in [1.807, 2.05) is 12.4 Å². The third-order valence-corrected chi connectivity index (χ3v) is 3.87. The van der Waals surface area contributed by atoms with Crippen LogP contribution in [0.5, 0.6) is 5.75 Å². The van der Waals surface area contributed by atoms with Crippen molar-refractivity contribution in [3.05, 3.63) is 24.0 Å². The number of ether oxygens (including phenoxy) is 1. The van der Waals surface area contributed by atoms with Gasteiger partial charge in [-0.2, -0.15) is 0 Å². The van der Waals surface area contributed by atoms with E-state index in [-0.39, 0.29) is 0 Å². The van der Waals surface area contributed by atoms with Gasteiger partial charge in [0.25, 0.3) is 0 Å². The van der Waals surface area contributed by atoms with E-state index in [1.165, 1.54) is 31.2 Å². The molecule has 1 aliphatic carbocycles. The van der Waals surface area contributed by atoms with Crippen LogP contribution in [0, 0.1) is 5.92 Å². The second-order valence-electron chi connectivity index (χ2n) is 5.66. The minimum absolute atomic E-state index is 0.380. The number of hydrogen-bond donors (Lipinski definition) is 1. The minimum atomic E-state index is 0.380. The highest BCUT2D eigenvalue weighted by Crippen LogP contribution is 2.28. The molecule has 1 fully saturated rings. The molecule has 0 unspecified atom stereocenters. The van der Waals surface area contributed by atoms with Gasteiger partial charge in [0.15, 0.2) is 0 Å². The third kappa shape index (κ3) is 4.50. The van der Waals surface area contributed by atoms with Gasteiger partial charge in [0.05, 0.1) is 12.3 Å². The molecule has 0 bridgehead atoms. The molecule has 1 saturated carbocycles. The highest BCUT2D eigenvalue weighted by atomic mass is 16.5. The molecule has 0 spiro atoms. The molecule has 2 rings (SSSR count). The van der Waals surface area contributed by atoms with E-state index in [0.29, 0.717) is 6.10 Å². The van der Waals surface area contributed by atoms with Gasteiger partial charge in [0.2, 0.25) is 0 Å². The van der Waals surface area contributed by atoms with E-state index < -0.39 is 0 Å². The first-order valence-electron chi connectivity index (χ1n) is 7.60. The van der Waals surface area contributed by atoms with Gasteiger partial charge >= 0.3 is 0 Å². The van der Waals surface area contributed by atoms with E-state index in [1.54, 1.807) is 0 Å². The zero-order chi connectivity index (χ0) is 13.5. The molecule has 3 nitrogen and oxygen atoms in total. The van der Waals surface area contributed by atoms with Crippen molar-refractivity contribution in [3.8, 4) is 5.75 Å². The van der Waals surface area contributed by atoms with Crippen LogP contribution in [0.4, 0.5) is 0 Å². The molecule has 0 amide bonds. The van der Waals surface area contributed by atoms with Crippen LogP contribution in [0.1, 0.15) is 51.5 Å². The van der Waals surface area contributed by atoms with Gasteiger partial charge in [-0.3, -0.25) is 4.98 Å². The van der Waals surface area contributed by atoms with E-state index in [2.05, 4.69) is 30.2 Å². The molecule has 19 heavy (non-hydrogen) atoms. The third-order valence-electron chi connectivity index (χ3n) is 3.87. The molecule has 0 aromatic carbocycles. The molecule has 1 heterocycles. The summed E-state index contributed by atoms with van der Waals surface area (Å²) >= 11 is 0. The molecular formula is C16H26N2O. The molecule has 3 heteroatoms. The molecule has 0 radical (unpaired) electrons. The van der Waals surface area contributed by atoms with Crippen LogP contribution in [0.2, 0.25) is 0 Å². The maximum absolute atomic E-state index is 6.16. The summed E-state index contributed by atoms with van der Waals surface area (Å²) < 4.78 is 6.16. The standard InChI is InChI=1S/C16H26N2O/c1-3-9-17-11-14-8-10-18-12-16(14)19-15-6-4-13(2)5-7-15/h8,10,12-13,15,17H,3-7,9,11H2,1-2H3. The zero-order valence-corrected chi connectivity index (χ0v) is 12.2. The maximum atomic E-state index is 6.16. The first kappa shape index (κ1) is 14.3. The van der Waals surface area contributed by atoms with E-state index in [9.17, 15) is 0 Å². The molecule has 0 atom stereocenters. The largest absolute Gasteiger partial charge is 0.488 e. The Kier molecular flexibility index (Phi) is 5.64. The van der Waals surface area contributed by atoms with Crippen LogP contribution in [-0.2, 0) is 6.54 Å². The first-order chi connectivity index (χ1) is 9.29. The lowest BCUT2D eigenvalue weighted by atomic mass is 9.89. The number of rotatable bonds is 6. The smallest absolute Gasteiger partial charge is 0.142 e. The van der Waals surface area contributed by atoms with Crippen LogP contribution in [0.3, 0.4) is 0 Å². The topological polar surface area (TPSA) is 34.2 Å². The number of aromatic nitrogens is 1. The lowest BCUT2D eigenvalue weighted by molar-refractivity contribution is 0.133. The fraction of sp³-hybridized carbons (Fsp3) is 0.688. The number of pyridine rings is 1. The second-order valence-corrected chi connectivity index (χ2v) is 5.66. The Morgan fingerprint density at radius 3 is 2.84 bits per heavy atom. The molecule has 0 saturated heterocycles. The number of nitrogens with one attached hydrogen (secondary N) is 1. The summed E-state index contributed by atoms with van der Waals surface area (Å²) in [6.45, 7) is 6.43. The van der Waals surface area contributed by atoms with Gasteiger partial charge in [0, 0.05) is 18.3 Å². The fourth-order valence-corrected chi connectivity index (χ4v) is 2.59. The van der Waals surface area contributed by atoms with Crippen LogP contribution in [-0.4, -0.2) is 17.6 Å². The second kappa shape index (κ2) is 7.49. The Bertz CT molecular complexity index is 373. The predicted octanol–water partition coefficient (Wildman–Crippen LogP) is 3.54. The van der Waals surface area contributed by atoms with Crippen LogP contribution in [0.25, 0.3) is 0 Å². The van der Waals surface area contributed by atoms with E-state index in [4.69, 9.17) is 4.74 Å². The Morgan fingerprint density at radius 1 is 1.32 bits per heavy atom. The van der Waals surface area contributed by atoms with Crippen LogP contribution < -0.4 is 10.1 Å². The summed E-state index contributed by atoms with van der Waals surface area (Å²) in [5, 5.41) is 3.43. The number of hydrogen-bond acceptors (Lipinski definition) is 3. The molecule has 106 valence electrons. The normalized spacial score (nSPS) is 23.3. The summed E-state index contributed by atoms with van der Waals surface area (Å²) in [6, 6.07) is 2.06. The van der Waals surface area contributed by atoms with Gasteiger partial charge in [-0.25, -0.2) is 0 Å². The van der Waals surface area contributed by atoms with Crippen molar-refractivity contribution < 1.29 is 4.74 Å². The van der Waals surface area contributed by atoms with Crippen molar-refractivity contribution in [2.24, 2.45) is 5.92 Å². The number of nitrogens with zero attached hydrogens (tertiary/aromatic N) is 1. The summed E-state index contributed by atoms with van der Waals surface area (Å²) in [6.07, 6.45) is 10.2.